The average molecular weight is 290 g/mol. The lowest BCUT2D eigenvalue weighted by molar-refractivity contribution is -0.683. The summed E-state index contributed by atoms with van der Waals surface area (Å²) < 4.78 is 1.71. The van der Waals surface area contributed by atoms with Crippen LogP contribution in [0.4, 0.5) is 0 Å². The minimum absolute atomic E-state index is 0.0201. The number of rotatable bonds is 5. The predicted molar refractivity (Wildman–Crippen MR) is 75.8 cm³/mol. The molecule has 0 unspecified atom stereocenters. The fraction of sp³-hybridized carbons (Fsp3) is 0.133. The number of aromatic nitrogens is 1. The van der Waals surface area contributed by atoms with Gasteiger partial charge in [-0.3, -0.25) is 9.59 Å². The molecule has 0 atom stereocenters. The van der Waals surface area contributed by atoms with Crippen molar-refractivity contribution in [2.45, 2.75) is 6.54 Å². The number of halogens is 1. The Morgan fingerprint density at radius 2 is 1.50 bits per heavy atom. The fourth-order valence-corrected chi connectivity index (χ4v) is 1.89. The van der Waals surface area contributed by atoms with E-state index in [1.54, 1.807) is 53.4 Å². The van der Waals surface area contributed by atoms with Crippen LogP contribution in [0.15, 0.2) is 48.8 Å². The number of ketones is 2. The van der Waals surface area contributed by atoms with Crippen LogP contribution in [0, 0.1) is 0 Å². The van der Waals surface area contributed by atoms with Gasteiger partial charge in [0.2, 0.25) is 12.3 Å². The van der Waals surface area contributed by atoms with E-state index in [9.17, 15) is 9.59 Å². The van der Waals surface area contributed by atoms with Gasteiger partial charge >= 0.3 is 0 Å². The molecule has 1 aromatic heterocycles. The fourth-order valence-electron chi connectivity index (χ4n) is 1.76. The van der Waals surface area contributed by atoms with Crippen LogP contribution in [0.25, 0.3) is 0 Å². The van der Waals surface area contributed by atoms with Crippen molar-refractivity contribution in [2.75, 3.05) is 6.54 Å². The van der Waals surface area contributed by atoms with Gasteiger partial charge in [-0.2, -0.15) is 4.57 Å². The molecular formula is C15H14ClN2O2+. The van der Waals surface area contributed by atoms with Crippen LogP contribution in [0.1, 0.15) is 20.7 Å². The highest BCUT2D eigenvalue weighted by Gasteiger charge is 2.13. The summed E-state index contributed by atoms with van der Waals surface area (Å²) in [4.78, 5) is 23.4. The predicted octanol–water partition coefficient (Wildman–Crippen LogP) is 1.65. The molecule has 5 heteroatoms. The Morgan fingerprint density at radius 1 is 0.950 bits per heavy atom. The number of carbonyl (C=O) groups is 2. The Labute approximate surface area is 121 Å². The molecule has 0 aliphatic heterocycles. The van der Waals surface area contributed by atoms with Crippen LogP contribution in [0.5, 0.6) is 0 Å². The standard InChI is InChI=1S/C15H14ClN2O2/c16-13-3-1-11(2-4-13)15(20)10-18-7-5-12(6-8-18)14(19)9-17/h1-8H,9-10,17H2/q+1. The molecule has 0 fully saturated rings. The summed E-state index contributed by atoms with van der Waals surface area (Å²) in [6, 6.07) is 10.1. The molecule has 0 spiro atoms. The van der Waals surface area contributed by atoms with Crippen molar-refractivity contribution >= 4 is 23.2 Å². The van der Waals surface area contributed by atoms with Crippen molar-refractivity contribution in [1.82, 2.24) is 0 Å². The first-order valence-electron chi connectivity index (χ1n) is 6.11. The van der Waals surface area contributed by atoms with Gasteiger partial charge in [0.15, 0.2) is 18.2 Å². The molecule has 0 aliphatic rings. The van der Waals surface area contributed by atoms with Gasteiger partial charge in [0.1, 0.15) is 0 Å². The average Bonchev–Trinajstić information content (AvgIpc) is 2.48. The van der Waals surface area contributed by atoms with E-state index in [1.807, 2.05) is 0 Å². The molecular weight excluding hydrogens is 276 g/mol. The molecule has 1 heterocycles. The second-order valence-corrected chi connectivity index (χ2v) is 4.75. The van der Waals surface area contributed by atoms with E-state index in [0.29, 0.717) is 16.1 Å². The molecule has 2 rings (SSSR count). The molecule has 0 saturated heterocycles. The number of benzene rings is 1. The van der Waals surface area contributed by atoms with Gasteiger partial charge in [0.25, 0.3) is 0 Å². The zero-order valence-corrected chi connectivity index (χ0v) is 11.5. The Bertz CT molecular complexity index is 621. The maximum Gasteiger partial charge on any atom is 0.227 e. The molecule has 0 amide bonds. The van der Waals surface area contributed by atoms with Crippen molar-refractivity contribution in [1.29, 1.82) is 0 Å². The molecule has 1 aromatic carbocycles. The molecule has 0 aliphatic carbocycles. The Balaban J connectivity index is 2.08. The van der Waals surface area contributed by atoms with Gasteiger partial charge in [-0.05, 0) is 24.3 Å². The second-order valence-electron chi connectivity index (χ2n) is 4.32. The SMILES string of the molecule is NCC(=O)c1cc[n+](CC(=O)c2ccc(Cl)cc2)cc1. The maximum atomic E-state index is 12.0. The van der Waals surface area contributed by atoms with Crippen molar-refractivity contribution in [2.24, 2.45) is 5.73 Å². The monoisotopic (exact) mass is 289 g/mol. The van der Waals surface area contributed by atoms with Crippen LogP contribution >= 0.6 is 11.6 Å². The van der Waals surface area contributed by atoms with Crippen molar-refractivity contribution in [3.8, 4) is 0 Å². The molecule has 2 aromatic rings. The van der Waals surface area contributed by atoms with E-state index in [2.05, 4.69) is 0 Å². The summed E-state index contributed by atoms with van der Waals surface area (Å²) >= 11 is 5.78. The lowest BCUT2D eigenvalue weighted by Crippen LogP contribution is -2.37. The largest absolute Gasteiger partial charge is 0.324 e. The third kappa shape index (κ3) is 3.50. The summed E-state index contributed by atoms with van der Waals surface area (Å²) in [7, 11) is 0. The zero-order chi connectivity index (χ0) is 14.5. The van der Waals surface area contributed by atoms with Gasteiger partial charge in [0.05, 0.1) is 6.54 Å². The topological polar surface area (TPSA) is 64.0 Å². The zero-order valence-electron chi connectivity index (χ0n) is 10.8. The third-order valence-corrected chi connectivity index (χ3v) is 3.14. The number of hydrogen-bond donors (Lipinski definition) is 1. The van der Waals surface area contributed by atoms with Gasteiger partial charge in [-0.25, -0.2) is 0 Å². The summed E-state index contributed by atoms with van der Waals surface area (Å²) in [6.07, 6.45) is 3.38. The number of nitrogens with zero attached hydrogens (tertiary/aromatic N) is 1. The number of carbonyl (C=O) groups excluding carboxylic acids is 2. The van der Waals surface area contributed by atoms with Gasteiger partial charge in [-0.15, -0.1) is 0 Å². The Morgan fingerprint density at radius 3 is 2.05 bits per heavy atom. The van der Waals surface area contributed by atoms with Crippen LogP contribution in [0.2, 0.25) is 5.02 Å². The first-order valence-corrected chi connectivity index (χ1v) is 6.49. The number of Topliss-reactive ketones (excluding diaryl/α,β-unsaturated/α-hetero) is 2. The summed E-state index contributed by atoms with van der Waals surface area (Å²) in [5.74, 6) is -0.147. The number of nitrogens with two attached hydrogens (primary N) is 1. The first kappa shape index (κ1) is 14.4. The van der Waals surface area contributed by atoms with E-state index in [1.165, 1.54) is 0 Å². The molecule has 20 heavy (non-hydrogen) atoms. The van der Waals surface area contributed by atoms with E-state index in [0.717, 1.165) is 0 Å². The smallest absolute Gasteiger partial charge is 0.227 e. The van der Waals surface area contributed by atoms with Gasteiger partial charge in [0, 0.05) is 28.3 Å². The van der Waals surface area contributed by atoms with E-state index < -0.39 is 0 Å². The molecule has 102 valence electrons. The van der Waals surface area contributed by atoms with Crippen LogP contribution in [0.3, 0.4) is 0 Å². The minimum atomic E-state index is -0.124. The third-order valence-electron chi connectivity index (χ3n) is 2.89. The normalized spacial score (nSPS) is 10.3. The first-order chi connectivity index (χ1) is 9.60. The van der Waals surface area contributed by atoms with Gasteiger partial charge in [-0.1, -0.05) is 11.6 Å². The van der Waals surface area contributed by atoms with Crippen molar-refractivity contribution in [3.05, 3.63) is 64.9 Å². The summed E-state index contributed by atoms with van der Waals surface area (Å²) in [5, 5.41) is 0.596. The molecule has 0 bridgehead atoms. The van der Waals surface area contributed by atoms with Crippen LogP contribution < -0.4 is 10.3 Å². The van der Waals surface area contributed by atoms with E-state index in [4.69, 9.17) is 17.3 Å². The lowest BCUT2D eigenvalue weighted by atomic mass is 10.1. The molecule has 2 N–H and O–H groups in total. The molecule has 0 radical (unpaired) electrons. The number of pyridine rings is 1. The Hall–Kier alpha value is -2.04. The van der Waals surface area contributed by atoms with E-state index >= 15 is 0 Å². The van der Waals surface area contributed by atoms with E-state index in [-0.39, 0.29) is 24.7 Å². The lowest BCUT2D eigenvalue weighted by Gasteiger charge is -2.00. The number of hydrogen-bond acceptors (Lipinski definition) is 3. The molecule has 4 nitrogen and oxygen atoms in total. The highest BCUT2D eigenvalue weighted by atomic mass is 35.5. The highest BCUT2D eigenvalue weighted by molar-refractivity contribution is 6.30. The summed E-state index contributed by atoms with van der Waals surface area (Å²) in [5.41, 5.74) is 6.43. The maximum absolute atomic E-state index is 12.0. The van der Waals surface area contributed by atoms with Crippen LogP contribution in [-0.4, -0.2) is 18.1 Å². The Kier molecular flexibility index (Phi) is 4.61. The van der Waals surface area contributed by atoms with Gasteiger partial charge < -0.3 is 5.73 Å². The van der Waals surface area contributed by atoms with Crippen molar-refractivity contribution < 1.29 is 14.2 Å². The second kappa shape index (κ2) is 6.41. The minimum Gasteiger partial charge on any atom is -0.324 e. The molecule has 0 saturated carbocycles. The quantitative estimate of drug-likeness (QED) is 0.672. The summed E-state index contributed by atoms with van der Waals surface area (Å²) in [6.45, 7) is 0.187. The van der Waals surface area contributed by atoms with Crippen molar-refractivity contribution in [3.63, 3.8) is 0 Å². The highest BCUT2D eigenvalue weighted by Crippen LogP contribution is 2.10. The van der Waals surface area contributed by atoms with Crippen LogP contribution in [-0.2, 0) is 6.54 Å².